The third-order valence-electron chi connectivity index (χ3n) is 2.12. The average molecular weight is 183 g/mol. The second-order valence-electron chi connectivity index (χ2n) is 3.03. The van der Waals surface area contributed by atoms with Crippen LogP contribution in [0.2, 0.25) is 0 Å². The molecule has 1 aromatic rings. The minimum atomic E-state index is -0.621. The molecule has 13 heavy (non-hydrogen) atoms. The molecular weight excluding hydrogens is 170 g/mol. The summed E-state index contributed by atoms with van der Waals surface area (Å²) in [6.07, 6.45) is 0.624. The normalized spacial score (nSPS) is 12.9. The monoisotopic (exact) mass is 183 g/mol. The summed E-state index contributed by atoms with van der Waals surface area (Å²) in [4.78, 5) is 0. The molecule has 0 aliphatic carbocycles. The zero-order valence-corrected chi connectivity index (χ0v) is 7.69. The van der Waals surface area contributed by atoms with Gasteiger partial charge in [-0.2, -0.15) is 0 Å². The molecule has 0 N–H and O–H groups in total. The summed E-state index contributed by atoms with van der Waals surface area (Å²) >= 11 is 0. The van der Waals surface area contributed by atoms with E-state index in [4.69, 9.17) is 0 Å². The predicted molar refractivity (Wildman–Crippen MR) is 49.9 cm³/mol. The number of rotatable bonds is 3. The Bertz CT molecular complexity index is 281. The van der Waals surface area contributed by atoms with Crippen LogP contribution < -0.4 is 0 Å². The lowest BCUT2D eigenvalue weighted by Gasteiger charge is -2.10. The van der Waals surface area contributed by atoms with Gasteiger partial charge in [-0.25, -0.2) is 4.39 Å². The van der Waals surface area contributed by atoms with Gasteiger partial charge in [-0.1, -0.05) is 25.1 Å². The van der Waals surface area contributed by atoms with Crippen molar-refractivity contribution in [2.75, 3.05) is 6.67 Å². The van der Waals surface area contributed by atoms with Crippen molar-refractivity contribution >= 4 is 0 Å². The lowest BCUT2D eigenvalue weighted by Crippen LogP contribution is -2.02. The van der Waals surface area contributed by atoms with Crippen molar-refractivity contribution < 1.29 is 8.78 Å². The van der Waals surface area contributed by atoms with Crippen molar-refractivity contribution in [2.45, 2.75) is 19.3 Å². The van der Waals surface area contributed by atoms with E-state index < -0.39 is 12.6 Å². The lowest BCUT2D eigenvalue weighted by atomic mass is 9.98. The van der Waals surface area contributed by atoms with E-state index in [0.29, 0.717) is 17.5 Å². The number of halogens is 2. The zero-order valence-electron chi connectivity index (χ0n) is 7.69. The topological polar surface area (TPSA) is 0 Å². The SMILES string of the molecule is [CH2]C(CF)c1cccc(CC)c1F. The van der Waals surface area contributed by atoms with Gasteiger partial charge in [0.1, 0.15) is 5.82 Å². The highest BCUT2D eigenvalue weighted by Gasteiger charge is 2.12. The number of hydrogen-bond acceptors (Lipinski definition) is 0. The van der Waals surface area contributed by atoms with Gasteiger partial charge in [-0.3, -0.25) is 4.39 Å². The molecule has 0 aliphatic heterocycles. The third kappa shape index (κ3) is 2.06. The predicted octanol–water partition coefficient (Wildman–Crippen LogP) is 3.28. The van der Waals surface area contributed by atoms with E-state index in [-0.39, 0.29) is 5.82 Å². The molecule has 0 spiro atoms. The zero-order chi connectivity index (χ0) is 9.84. The molecule has 1 atom stereocenters. The molecule has 1 radical (unpaired) electrons. The highest BCUT2D eigenvalue weighted by atomic mass is 19.1. The van der Waals surface area contributed by atoms with E-state index >= 15 is 0 Å². The molecular formula is C11H13F2. The van der Waals surface area contributed by atoms with Crippen LogP contribution in [0.5, 0.6) is 0 Å². The Labute approximate surface area is 77.6 Å². The van der Waals surface area contributed by atoms with Gasteiger partial charge < -0.3 is 0 Å². The molecule has 2 heteroatoms. The van der Waals surface area contributed by atoms with Crippen molar-refractivity contribution in [2.24, 2.45) is 0 Å². The Morgan fingerprint density at radius 1 is 1.46 bits per heavy atom. The third-order valence-corrected chi connectivity index (χ3v) is 2.12. The molecule has 0 aromatic heterocycles. The maximum Gasteiger partial charge on any atom is 0.129 e. The van der Waals surface area contributed by atoms with Crippen molar-refractivity contribution in [3.05, 3.63) is 42.1 Å². The summed E-state index contributed by atoms with van der Waals surface area (Å²) in [6, 6.07) is 5.04. The van der Waals surface area contributed by atoms with Crippen LogP contribution in [0.25, 0.3) is 0 Å². The van der Waals surface area contributed by atoms with Crippen LogP contribution in [0.1, 0.15) is 24.0 Å². The van der Waals surface area contributed by atoms with E-state index in [1.807, 2.05) is 6.92 Å². The molecule has 0 heterocycles. The van der Waals surface area contributed by atoms with Gasteiger partial charge in [0.15, 0.2) is 0 Å². The number of hydrogen-bond donors (Lipinski definition) is 0. The van der Waals surface area contributed by atoms with Crippen molar-refractivity contribution in [3.63, 3.8) is 0 Å². The van der Waals surface area contributed by atoms with Crippen LogP contribution in [0.3, 0.4) is 0 Å². The summed E-state index contributed by atoms with van der Waals surface area (Å²) in [6.45, 7) is 4.80. The van der Waals surface area contributed by atoms with Crippen LogP contribution in [-0.4, -0.2) is 6.67 Å². The number of aryl methyl sites for hydroxylation is 1. The summed E-state index contributed by atoms with van der Waals surface area (Å²) in [5.41, 5.74) is 1.00. The fourth-order valence-corrected chi connectivity index (χ4v) is 1.27. The van der Waals surface area contributed by atoms with Crippen molar-refractivity contribution in [1.82, 2.24) is 0 Å². The van der Waals surface area contributed by atoms with E-state index in [2.05, 4.69) is 6.92 Å². The summed E-state index contributed by atoms with van der Waals surface area (Å²) < 4.78 is 25.8. The van der Waals surface area contributed by atoms with Crippen molar-refractivity contribution in [1.29, 1.82) is 0 Å². The highest BCUT2D eigenvalue weighted by Crippen LogP contribution is 2.21. The standard InChI is InChI=1S/C11H13F2/c1-3-9-5-4-6-10(11(9)13)8(2)7-12/h4-6,8H,2-3,7H2,1H3. The molecule has 1 aromatic carbocycles. The lowest BCUT2D eigenvalue weighted by molar-refractivity contribution is 0.454. The molecule has 1 unspecified atom stereocenters. The van der Waals surface area contributed by atoms with Crippen LogP contribution in [0, 0.1) is 12.7 Å². The summed E-state index contributed by atoms with van der Waals surface area (Å²) in [7, 11) is 0. The van der Waals surface area contributed by atoms with Gasteiger partial charge in [-0.05, 0) is 24.5 Å². The maximum atomic E-state index is 13.5. The van der Waals surface area contributed by atoms with E-state index in [9.17, 15) is 8.78 Å². The molecule has 0 fully saturated rings. The molecule has 0 saturated carbocycles. The fourth-order valence-electron chi connectivity index (χ4n) is 1.27. The molecule has 0 saturated heterocycles. The average Bonchev–Trinajstić information content (AvgIpc) is 2.17. The van der Waals surface area contributed by atoms with Gasteiger partial charge in [-0.15, -0.1) is 0 Å². The summed E-state index contributed by atoms with van der Waals surface area (Å²) in [5.74, 6) is -0.894. The highest BCUT2D eigenvalue weighted by molar-refractivity contribution is 5.29. The van der Waals surface area contributed by atoms with Gasteiger partial charge in [0.2, 0.25) is 0 Å². The molecule has 0 amide bonds. The minimum Gasteiger partial charge on any atom is -0.250 e. The fraction of sp³-hybridized carbons (Fsp3) is 0.364. The van der Waals surface area contributed by atoms with Gasteiger partial charge in [0.05, 0.1) is 6.67 Å². The van der Waals surface area contributed by atoms with Gasteiger partial charge in [0.25, 0.3) is 0 Å². The first kappa shape index (κ1) is 10.2. The minimum absolute atomic E-state index is 0.303. The first-order chi connectivity index (χ1) is 6.20. The number of alkyl halides is 1. The smallest absolute Gasteiger partial charge is 0.129 e. The number of benzene rings is 1. The molecule has 0 nitrogen and oxygen atoms in total. The van der Waals surface area contributed by atoms with Crippen LogP contribution in [-0.2, 0) is 6.42 Å². The first-order valence-electron chi connectivity index (χ1n) is 4.37. The Morgan fingerprint density at radius 2 is 2.15 bits per heavy atom. The van der Waals surface area contributed by atoms with Crippen LogP contribution >= 0.6 is 0 Å². The summed E-state index contributed by atoms with van der Waals surface area (Å²) in [5, 5.41) is 0. The van der Waals surface area contributed by atoms with E-state index in [0.717, 1.165) is 0 Å². The molecule has 0 aliphatic rings. The second-order valence-corrected chi connectivity index (χ2v) is 3.03. The molecule has 71 valence electrons. The second kappa shape index (κ2) is 4.35. The Hall–Kier alpha value is -0.920. The largest absolute Gasteiger partial charge is 0.250 e. The quantitative estimate of drug-likeness (QED) is 0.674. The first-order valence-corrected chi connectivity index (χ1v) is 4.37. The van der Waals surface area contributed by atoms with Crippen molar-refractivity contribution in [3.8, 4) is 0 Å². The Balaban J connectivity index is 3.08. The molecule has 0 bridgehead atoms. The van der Waals surface area contributed by atoms with Gasteiger partial charge in [0, 0.05) is 5.92 Å². The maximum absolute atomic E-state index is 13.5. The Kier molecular flexibility index (Phi) is 3.40. The van der Waals surface area contributed by atoms with Crippen LogP contribution in [0.4, 0.5) is 8.78 Å². The van der Waals surface area contributed by atoms with E-state index in [1.54, 1.807) is 18.2 Å². The Morgan fingerprint density at radius 3 is 2.69 bits per heavy atom. The van der Waals surface area contributed by atoms with Crippen LogP contribution in [0.15, 0.2) is 18.2 Å². The van der Waals surface area contributed by atoms with E-state index in [1.165, 1.54) is 0 Å². The van der Waals surface area contributed by atoms with Gasteiger partial charge >= 0.3 is 0 Å². The molecule has 1 rings (SSSR count).